The highest BCUT2D eigenvalue weighted by molar-refractivity contribution is 5.84. The lowest BCUT2D eigenvalue weighted by Crippen LogP contribution is -2.37. The number of aliphatic hydroxyl groups is 1. The van der Waals surface area contributed by atoms with Crippen LogP contribution in [0.3, 0.4) is 0 Å². The summed E-state index contributed by atoms with van der Waals surface area (Å²) in [5, 5.41) is 16.9. The van der Waals surface area contributed by atoms with Crippen molar-refractivity contribution >= 4 is 17.1 Å². The standard InChI is InChI=1S/C27H38N4O5/c1-16-24(17(2)36-30-16)18-7-12-23-22(15-18)28-25(31(23)19-8-10-20(34-6)11-9-19)21(13-14-32)29-26(33)35-27(3,4)5/h7,12,15,19-21,32H,8-11,13-14H2,1-6H3,(H,29,33)/t19?,20?,21-/m0/s1. The van der Waals surface area contributed by atoms with Crippen LogP contribution in [0, 0.1) is 13.8 Å². The van der Waals surface area contributed by atoms with Crippen molar-refractivity contribution in [3.8, 4) is 11.1 Å². The minimum Gasteiger partial charge on any atom is -0.444 e. The summed E-state index contributed by atoms with van der Waals surface area (Å²) in [5.74, 6) is 1.48. The Morgan fingerprint density at radius 3 is 2.56 bits per heavy atom. The van der Waals surface area contributed by atoms with Gasteiger partial charge in [0.05, 0.1) is 28.9 Å². The fourth-order valence-corrected chi connectivity index (χ4v) is 5.18. The number of aliphatic hydroxyl groups excluding tert-OH is 1. The Bertz CT molecular complexity index is 1180. The van der Waals surface area contributed by atoms with Crippen LogP contribution in [0.25, 0.3) is 22.2 Å². The number of alkyl carbamates (subject to hydrolysis) is 1. The predicted octanol–water partition coefficient (Wildman–Crippen LogP) is 5.39. The molecule has 0 bridgehead atoms. The second-order valence-electron chi connectivity index (χ2n) is 10.6. The summed E-state index contributed by atoms with van der Waals surface area (Å²) in [6.07, 6.45) is 3.87. The Hall–Kier alpha value is -2.91. The lowest BCUT2D eigenvalue weighted by molar-refractivity contribution is 0.0487. The number of hydrogen-bond donors (Lipinski definition) is 2. The molecule has 1 atom stereocenters. The number of benzene rings is 1. The molecule has 196 valence electrons. The minimum atomic E-state index is -0.629. The van der Waals surface area contributed by atoms with Crippen LogP contribution >= 0.6 is 0 Å². The summed E-state index contributed by atoms with van der Waals surface area (Å²) < 4.78 is 18.7. The fourth-order valence-electron chi connectivity index (χ4n) is 5.18. The highest BCUT2D eigenvalue weighted by atomic mass is 16.6. The normalized spacial score (nSPS) is 19.4. The number of aromatic nitrogens is 3. The maximum atomic E-state index is 12.7. The molecule has 36 heavy (non-hydrogen) atoms. The second-order valence-corrected chi connectivity index (χ2v) is 10.6. The Kier molecular flexibility index (Phi) is 7.70. The summed E-state index contributed by atoms with van der Waals surface area (Å²) in [6.45, 7) is 9.22. The Balaban J connectivity index is 1.78. The number of carbonyl (C=O) groups is 1. The molecule has 9 nitrogen and oxygen atoms in total. The van der Waals surface area contributed by atoms with Crippen LogP contribution < -0.4 is 5.32 Å². The van der Waals surface area contributed by atoms with E-state index < -0.39 is 17.7 Å². The molecule has 1 aliphatic carbocycles. The molecule has 1 amide bonds. The van der Waals surface area contributed by atoms with Crippen molar-refractivity contribution in [2.24, 2.45) is 0 Å². The average molecular weight is 499 g/mol. The van der Waals surface area contributed by atoms with E-state index in [0.29, 0.717) is 6.42 Å². The van der Waals surface area contributed by atoms with Crippen LogP contribution in [0.15, 0.2) is 22.7 Å². The first-order chi connectivity index (χ1) is 17.1. The number of ether oxygens (including phenoxy) is 2. The van der Waals surface area contributed by atoms with Crippen LogP contribution in [0.4, 0.5) is 4.79 Å². The van der Waals surface area contributed by atoms with Crippen LogP contribution in [-0.4, -0.2) is 51.3 Å². The number of carbonyl (C=O) groups excluding carboxylic acids is 1. The number of amides is 1. The van der Waals surface area contributed by atoms with Gasteiger partial charge in [0.25, 0.3) is 0 Å². The molecule has 0 radical (unpaired) electrons. The van der Waals surface area contributed by atoms with Gasteiger partial charge in [0.1, 0.15) is 17.2 Å². The topological polar surface area (TPSA) is 112 Å². The van der Waals surface area contributed by atoms with Gasteiger partial charge in [-0.15, -0.1) is 0 Å². The maximum absolute atomic E-state index is 12.7. The van der Waals surface area contributed by atoms with E-state index in [9.17, 15) is 9.90 Å². The summed E-state index contributed by atoms with van der Waals surface area (Å²) in [6, 6.07) is 5.91. The van der Waals surface area contributed by atoms with Crippen molar-refractivity contribution in [2.75, 3.05) is 13.7 Å². The first-order valence-electron chi connectivity index (χ1n) is 12.7. The molecule has 1 saturated carbocycles. The van der Waals surface area contributed by atoms with Crippen molar-refractivity contribution in [3.63, 3.8) is 0 Å². The van der Waals surface area contributed by atoms with E-state index in [-0.39, 0.29) is 18.8 Å². The Morgan fingerprint density at radius 1 is 1.25 bits per heavy atom. The van der Waals surface area contributed by atoms with E-state index in [1.807, 2.05) is 40.7 Å². The molecule has 0 saturated heterocycles. The van der Waals surface area contributed by atoms with Crippen molar-refractivity contribution in [1.82, 2.24) is 20.0 Å². The van der Waals surface area contributed by atoms with Gasteiger partial charge in [-0.25, -0.2) is 9.78 Å². The molecule has 1 aromatic carbocycles. The SMILES string of the molecule is COC1CCC(n2c([C@H](CCO)NC(=O)OC(C)(C)C)nc3cc(-c4c(C)noc4C)ccc32)CC1. The molecule has 0 unspecified atom stereocenters. The summed E-state index contributed by atoms with van der Waals surface area (Å²) in [7, 11) is 1.77. The Labute approximate surface area is 212 Å². The molecule has 2 heterocycles. The third-order valence-corrected chi connectivity index (χ3v) is 6.80. The molecule has 9 heteroatoms. The van der Waals surface area contributed by atoms with Gasteiger partial charge in [0.15, 0.2) is 0 Å². The lowest BCUT2D eigenvalue weighted by Gasteiger charge is -2.31. The van der Waals surface area contributed by atoms with Gasteiger partial charge in [-0.05, 0) is 84.4 Å². The monoisotopic (exact) mass is 498 g/mol. The van der Waals surface area contributed by atoms with Crippen molar-refractivity contribution in [3.05, 3.63) is 35.5 Å². The van der Waals surface area contributed by atoms with E-state index in [0.717, 1.165) is 65.1 Å². The van der Waals surface area contributed by atoms with Crippen LogP contribution in [0.5, 0.6) is 0 Å². The van der Waals surface area contributed by atoms with Gasteiger partial charge in [0.2, 0.25) is 0 Å². The largest absolute Gasteiger partial charge is 0.444 e. The quantitative estimate of drug-likeness (QED) is 0.449. The van der Waals surface area contributed by atoms with Crippen molar-refractivity contribution < 1.29 is 23.9 Å². The highest BCUT2D eigenvalue weighted by Gasteiger charge is 2.30. The Morgan fingerprint density at radius 2 is 1.97 bits per heavy atom. The van der Waals surface area contributed by atoms with E-state index in [1.54, 1.807) is 7.11 Å². The number of aryl methyl sites for hydroxylation is 2. The van der Waals surface area contributed by atoms with Crippen LogP contribution in [0.1, 0.15) is 82.2 Å². The molecule has 1 fully saturated rings. The number of imidazole rings is 1. The number of methoxy groups -OCH3 is 1. The van der Waals surface area contributed by atoms with Gasteiger partial charge < -0.3 is 29.0 Å². The third-order valence-electron chi connectivity index (χ3n) is 6.80. The molecule has 3 aromatic rings. The maximum Gasteiger partial charge on any atom is 0.408 e. The second kappa shape index (κ2) is 10.6. The number of rotatable bonds is 7. The smallest absolute Gasteiger partial charge is 0.408 e. The molecule has 0 aliphatic heterocycles. The van der Waals surface area contributed by atoms with Gasteiger partial charge in [-0.1, -0.05) is 11.2 Å². The predicted molar refractivity (Wildman–Crippen MR) is 137 cm³/mol. The van der Waals surface area contributed by atoms with Gasteiger partial charge in [0, 0.05) is 25.3 Å². The van der Waals surface area contributed by atoms with Gasteiger partial charge in [-0.2, -0.15) is 0 Å². The first-order valence-corrected chi connectivity index (χ1v) is 12.7. The first kappa shape index (κ1) is 26.2. The van der Waals surface area contributed by atoms with Crippen LogP contribution in [0.2, 0.25) is 0 Å². The van der Waals surface area contributed by atoms with E-state index in [1.165, 1.54) is 0 Å². The molecule has 4 rings (SSSR count). The third kappa shape index (κ3) is 5.57. The van der Waals surface area contributed by atoms with Crippen molar-refractivity contribution in [1.29, 1.82) is 0 Å². The highest BCUT2D eigenvalue weighted by Crippen LogP contribution is 2.37. The molecule has 0 spiro atoms. The van der Waals surface area contributed by atoms with Crippen molar-refractivity contribution in [2.45, 2.75) is 90.5 Å². The zero-order valence-corrected chi connectivity index (χ0v) is 22.1. The number of fused-ring (bicyclic) bond motifs is 1. The minimum absolute atomic E-state index is 0.0928. The summed E-state index contributed by atoms with van der Waals surface area (Å²) in [5.41, 5.74) is 3.97. The molecule has 2 N–H and O–H groups in total. The number of nitrogens with one attached hydrogen (secondary N) is 1. The fraction of sp³-hybridized carbons (Fsp3) is 0.593. The van der Waals surface area contributed by atoms with Crippen LogP contribution in [-0.2, 0) is 9.47 Å². The van der Waals surface area contributed by atoms with Gasteiger partial charge in [-0.3, -0.25) is 0 Å². The zero-order chi connectivity index (χ0) is 26.0. The zero-order valence-electron chi connectivity index (χ0n) is 22.1. The summed E-state index contributed by atoms with van der Waals surface area (Å²) >= 11 is 0. The van der Waals surface area contributed by atoms with E-state index >= 15 is 0 Å². The van der Waals surface area contributed by atoms with E-state index in [4.69, 9.17) is 19.0 Å². The lowest BCUT2D eigenvalue weighted by atomic mass is 9.92. The molecular weight excluding hydrogens is 460 g/mol. The van der Waals surface area contributed by atoms with Gasteiger partial charge >= 0.3 is 6.09 Å². The molecule has 1 aliphatic rings. The average Bonchev–Trinajstić information content (AvgIpc) is 3.36. The molecule has 2 aromatic heterocycles. The molecular formula is C27H38N4O5. The van der Waals surface area contributed by atoms with E-state index in [2.05, 4.69) is 27.2 Å². The number of hydrogen-bond acceptors (Lipinski definition) is 7. The number of nitrogens with zero attached hydrogens (tertiary/aromatic N) is 3. The summed E-state index contributed by atoms with van der Waals surface area (Å²) in [4.78, 5) is 17.7.